The Morgan fingerprint density at radius 2 is 1.28 bits per heavy atom. The largest absolute Gasteiger partial charge is 0.497 e. The standard InChI is InChI=1S/C46H45ClN6O7/c1-50(33-16-20-35(59-3)21-17-33)43(56)38(25-30-11-7-5-8-12-30)48-41(54)28-52-39-24-15-32(47)26-40(39)53(45(52)58)29-42(55)49-46(27-37(46)31-13-9-6-10-14-31)44(57)51(2)34-18-22-36(60-4)23-19-34/h5-24,26,37-38H,25,27-29H2,1-4H3,(H,48,54)(H,49,55)/t37-,38+,46-/m1/s1. The Labute approximate surface area is 352 Å². The number of imidazole rings is 1. The summed E-state index contributed by atoms with van der Waals surface area (Å²) in [5.74, 6) is -0.912. The van der Waals surface area contributed by atoms with E-state index in [1.807, 2.05) is 60.7 Å². The van der Waals surface area contributed by atoms with E-state index in [1.165, 1.54) is 18.9 Å². The SMILES string of the molecule is COc1ccc(N(C)C(=O)[C@H](Cc2ccccc2)NC(=O)Cn2c(=O)n(CC(=O)N[C@]3(C(=O)N(C)c4ccc(OC)cc4)C[C@@H]3c3ccccc3)c3cc(Cl)ccc32)cc1. The number of nitrogens with one attached hydrogen (secondary N) is 2. The van der Waals surface area contributed by atoms with Crippen LogP contribution in [0, 0.1) is 0 Å². The Hall–Kier alpha value is -6.86. The molecule has 0 aliphatic heterocycles. The molecule has 5 aromatic carbocycles. The predicted molar refractivity (Wildman–Crippen MR) is 231 cm³/mol. The summed E-state index contributed by atoms with van der Waals surface area (Å²) >= 11 is 6.42. The second-order valence-corrected chi connectivity index (χ2v) is 15.2. The quantitative estimate of drug-likeness (QED) is 0.138. The highest BCUT2D eigenvalue weighted by Crippen LogP contribution is 2.53. The smallest absolute Gasteiger partial charge is 0.330 e. The summed E-state index contributed by atoms with van der Waals surface area (Å²) in [6.07, 6.45) is 0.539. The number of nitrogens with zero attached hydrogens (tertiary/aromatic N) is 4. The molecule has 14 heteroatoms. The van der Waals surface area contributed by atoms with E-state index in [4.69, 9.17) is 21.1 Å². The number of aromatic nitrogens is 2. The van der Waals surface area contributed by atoms with Gasteiger partial charge in [-0.05, 0) is 84.3 Å². The number of benzene rings is 5. The third-order valence-electron chi connectivity index (χ3n) is 11.0. The molecular formula is C46H45ClN6O7. The molecule has 1 aromatic heterocycles. The molecule has 1 saturated carbocycles. The van der Waals surface area contributed by atoms with Crippen LogP contribution >= 0.6 is 11.6 Å². The zero-order valence-electron chi connectivity index (χ0n) is 33.6. The Kier molecular flexibility index (Phi) is 12.1. The van der Waals surface area contributed by atoms with Crippen LogP contribution in [-0.4, -0.2) is 72.7 Å². The summed E-state index contributed by atoms with van der Waals surface area (Å²) in [4.78, 5) is 73.5. The van der Waals surface area contributed by atoms with Gasteiger partial charge in [0.15, 0.2) is 0 Å². The lowest BCUT2D eigenvalue weighted by Gasteiger charge is -2.26. The number of fused-ring (bicyclic) bond motifs is 1. The number of methoxy groups -OCH3 is 2. The highest BCUT2D eigenvalue weighted by atomic mass is 35.5. The Morgan fingerprint density at radius 3 is 1.88 bits per heavy atom. The molecule has 3 atom stereocenters. The van der Waals surface area contributed by atoms with Gasteiger partial charge in [0, 0.05) is 42.8 Å². The van der Waals surface area contributed by atoms with Crippen LogP contribution in [-0.2, 0) is 38.7 Å². The molecule has 0 saturated heterocycles. The van der Waals surface area contributed by atoms with Gasteiger partial charge in [0.1, 0.15) is 36.2 Å². The van der Waals surface area contributed by atoms with Crippen LogP contribution in [0.5, 0.6) is 11.5 Å². The summed E-state index contributed by atoms with van der Waals surface area (Å²) in [5, 5.41) is 6.18. The fraction of sp³-hybridized carbons (Fsp3) is 0.239. The number of amides is 4. The van der Waals surface area contributed by atoms with Crippen LogP contribution < -0.4 is 35.6 Å². The molecule has 1 aliphatic rings. The molecule has 0 radical (unpaired) electrons. The monoisotopic (exact) mass is 828 g/mol. The minimum absolute atomic E-state index is 0.191. The molecule has 2 N–H and O–H groups in total. The molecule has 1 heterocycles. The number of anilines is 2. The van der Waals surface area contributed by atoms with Gasteiger partial charge in [0.05, 0.1) is 25.3 Å². The fourth-order valence-electron chi connectivity index (χ4n) is 7.63. The lowest BCUT2D eigenvalue weighted by atomic mass is 10.0. The predicted octanol–water partition coefficient (Wildman–Crippen LogP) is 5.57. The summed E-state index contributed by atoms with van der Waals surface area (Å²) < 4.78 is 13.0. The maximum absolute atomic E-state index is 14.3. The first-order chi connectivity index (χ1) is 28.9. The van der Waals surface area contributed by atoms with Gasteiger partial charge < -0.3 is 29.9 Å². The van der Waals surface area contributed by atoms with Gasteiger partial charge in [-0.15, -0.1) is 0 Å². The van der Waals surface area contributed by atoms with Crippen molar-refractivity contribution in [2.24, 2.45) is 0 Å². The minimum atomic E-state index is -1.29. The highest BCUT2D eigenvalue weighted by molar-refractivity contribution is 6.31. The third kappa shape index (κ3) is 8.62. The van der Waals surface area contributed by atoms with Gasteiger partial charge in [0.25, 0.3) is 5.91 Å². The van der Waals surface area contributed by atoms with Gasteiger partial charge in [-0.25, -0.2) is 4.79 Å². The van der Waals surface area contributed by atoms with Crippen molar-refractivity contribution in [2.45, 2.75) is 43.4 Å². The molecule has 4 amide bonds. The van der Waals surface area contributed by atoms with Gasteiger partial charge in [-0.1, -0.05) is 72.3 Å². The van der Waals surface area contributed by atoms with Gasteiger partial charge in [0.2, 0.25) is 17.7 Å². The first-order valence-corrected chi connectivity index (χ1v) is 19.7. The average molecular weight is 829 g/mol. The van der Waals surface area contributed by atoms with E-state index in [2.05, 4.69) is 10.6 Å². The van der Waals surface area contributed by atoms with Crippen LogP contribution in [0.25, 0.3) is 11.0 Å². The molecule has 1 aliphatic carbocycles. The van der Waals surface area contributed by atoms with Crippen LogP contribution in [0.1, 0.15) is 23.5 Å². The summed E-state index contributed by atoms with van der Waals surface area (Å²) in [6, 6.07) is 36.5. The van der Waals surface area contributed by atoms with Crippen LogP contribution in [0.3, 0.4) is 0 Å². The van der Waals surface area contributed by atoms with Crippen molar-refractivity contribution in [1.29, 1.82) is 0 Å². The molecule has 0 spiro atoms. The number of carbonyl (C=O) groups excluding carboxylic acids is 4. The topological polar surface area (TPSA) is 144 Å². The number of halogens is 1. The van der Waals surface area contributed by atoms with Crippen LogP contribution in [0.15, 0.2) is 132 Å². The molecule has 308 valence electrons. The number of hydrogen-bond donors (Lipinski definition) is 2. The zero-order chi connectivity index (χ0) is 42.6. The first-order valence-electron chi connectivity index (χ1n) is 19.3. The molecule has 0 unspecified atom stereocenters. The second-order valence-electron chi connectivity index (χ2n) is 14.7. The molecule has 1 fully saturated rings. The Bertz CT molecular complexity index is 2580. The Balaban J connectivity index is 1.14. The van der Waals surface area contributed by atoms with Crippen molar-refractivity contribution in [1.82, 2.24) is 19.8 Å². The lowest BCUT2D eigenvalue weighted by Crippen LogP contribution is -2.52. The van der Waals surface area contributed by atoms with Crippen molar-refractivity contribution in [3.63, 3.8) is 0 Å². The molecule has 13 nitrogen and oxygen atoms in total. The fourth-order valence-corrected chi connectivity index (χ4v) is 7.80. The highest BCUT2D eigenvalue weighted by Gasteiger charge is 2.62. The number of likely N-dealkylation sites (N-methyl/N-ethyl adjacent to an activating group) is 2. The van der Waals surface area contributed by atoms with E-state index in [0.717, 1.165) is 11.1 Å². The zero-order valence-corrected chi connectivity index (χ0v) is 34.4. The number of ether oxygens (including phenoxy) is 2. The Morgan fingerprint density at radius 1 is 0.733 bits per heavy atom. The van der Waals surface area contributed by atoms with E-state index in [0.29, 0.717) is 45.4 Å². The maximum atomic E-state index is 14.3. The average Bonchev–Trinajstić information content (AvgIpc) is 3.95. The third-order valence-corrected chi connectivity index (χ3v) is 11.2. The summed E-state index contributed by atoms with van der Waals surface area (Å²) in [7, 11) is 6.39. The minimum Gasteiger partial charge on any atom is -0.497 e. The van der Waals surface area contributed by atoms with E-state index < -0.39 is 42.2 Å². The van der Waals surface area contributed by atoms with E-state index in [1.54, 1.807) is 95.0 Å². The summed E-state index contributed by atoms with van der Waals surface area (Å²) in [5.41, 5.74) is 1.66. The van der Waals surface area contributed by atoms with Crippen molar-refractivity contribution in [3.8, 4) is 11.5 Å². The second kappa shape index (κ2) is 17.6. The van der Waals surface area contributed by atoms with Crippen molar-refractivity contribution >= 4 is 57.6 Å². The molecule has 6 aromatic rings. The van der Waals surface area contributed by atoms with Crippen molar-refractivity contribution < 1.29 is 28.7 Å². The van der Waals surface area contributed by atoms with E-state index in [-0.39, 0.29) is 24.2 Å². The van der Waals surface area contributed by atoms with Gasteiger partial charge in [-0.2, -0.15) is 0 Å². The molecule has 7 rings (SSSR count). The number of hydrogen-bond acceptors (Lipinski definition) is 7. The summed E-state index contributed by atoms with van der Waals surface area (Å²) in [6.45, 7) is -0.920. The lowest BCUT2D eigenvalue weighted by molar-refractivity contribution is -0.128. The molecule has 60 heavy (non-hydrogen) atoms. The maximum Gasteiger partial charge on any atom is 0.330 e. The number of carbonyl (C=O) groups is 4. The van der Waals surface area contributed by atoms with Crippen molar-refractivity contribution in [2.75, 3.05) is 38.1 Å². The van der Waals surface area contributed by atoms with Gasteiger partial charge >= 0.3 is 5.69 Å². The van der Waals surface area contributed by atoms with Crippen molar-refractivity contribution in [3.05, 3.63) is 154 Å². The van der Waals surface area contributed by atoms with E-state index in [9.17, 15) is 24.0 Å². The molecular weight excluding hydrogens is 784 g/mol. The normalized spacial score (nSPS) is 16.1. The van der Waals surface area contributed by atoms with Crippen LogP contribution in [0.4, 0.5) is 11.4 Å². The van der Waals surface area contributed by atoms with E-state index >= 15 is 0 Å². The van der Waals surface area contributed by atoms with Gasteiger partial charge in [-0.3, -0.25) is 28.3 Å². The number of rotatable bonds is 15. The first kappa shape index (κ1) is 41.3. The van der Waals surface area contributed by atoms with Crippen LogP contribution in [0.2, 0.25) is 5.02 Å². The molecule has 0 bridgehead atoms.